The van der Waals surface area contributed by atoms with Crippen LogP contribution in [0.4, 0.5) is 0 Å². The molecule has 280 valence electrons. The Morgan fingerprint density at radius 3 is 1.29 bits per heavy atom. The van der Waals surface area contributed by atoms with Gasteiger partial charge in [-0.1, -0.05) is 33.1 Å². The second-order valence-corrected chi connectivity index (χ2v) is 11.3. The van der Waals surface area contributed by atoms with Crippen LogP contribution in [0.5, 0.6) is 0 Å². The van der Waals surface area contributed by atoms with E-state index in [0.717, 1.165) is 25.7 Å². The van der Waals surface area contributed by atoms with E-state index in [1.807, 2.05) is 19.1 Å². The average molecular weight is 716 g/mol. The van der Waals surface area contributed by atoms with Crippen LogP contribution in [0, 0.1) is 26.2 Å². The number of nitrogens with one attached hydrogen (secondary N) is 7. The van der Waals surface area contributed by atoms with Gasteiger partial charge in [-0.15, -0.1) is 0 Å². The third-order valence-electron chi connectivity index (χ3n) is 6.48. The van der Waals surface area contributed by atoms with Crippen molar-refractivity contribution in [3.05, 3.63) is 20.3 Å². The quantitative estimate of drug-likeness (QED) is 0.0272. The summed E-state index contributed by atoms with van der Waals surface area (Å²) in [6.07, 6.45) is 8.54. The molecular formula is C31H53B4LiN8O8-2. The van der Waals surface area contributed by atoms with Crippen molar-refractivity contribution in [2.45, 2.75) is 84.5 Å². The smallest absolute Gasteiger partial charge is 0.433 e. The molecule has 52 heavy (non-hydrogen) atoms. The van der Waals surface area contributed by atoms with E-state index in [1.165, 1.54) is 11.3 Å². The number of amides is 7. The Hall–Kier alpha value is -3.61. The fourth-order valence-corrected chi connectivity index (χ4v) is 3.74. The fourth-order valence-electron chi connectivity index (χ4n) is 3.74. The van der Waals surface area contributed by atoms with Gasteiger partial charge in [0.25, 0.3) is 0 Å². The number of carbonyl (C=O) groups is 8. The average Bonchev–Trinajstić information content (AvgIpc) is 3.09. The van der Waals surface area contributed by atoms with Gasteiger partial charge in [0, 0.05) is 38.4 Å². The van der Waals surface area contributed by atoms with E-state index in [1.54, 1.807) is 10.5 Å². The van der Waals surface area contributed by atoms with E-state index in [9.17, 15) is 38.4 Å². The molecule has 0 aliphatic carbocycles. The molecule has 0 aromatic rings. The molecule has 0 saturated heterocycles. The largest absolute Gasteiger partial charge is 1.00 e. The molecule has 0 saturated carbocycles. The molecule has 0 bridgehead atoms. The van der Waals surface area contributed by atoms with Crippen molar-refractivity contribution in [2.24, 2.45) is 5.92 Å². The van der Waals surface area contributed by atoms with E-state index in [2.05, 4.69) is 51.0 Å². The SMILES string of the molecule is [B]NC(=O)[CH-]CCCCNC(=O)CN(CC(=O)NCCCCCC(=O)N[B])CC(=O)NCCCCCC(=O)C(C)C.[B]NC([CH2-])=O.[B]NC([CH2-])=O.[Li+]. The van der Waals surface area contributed by atoms with Crippen LogP contribution in [0.2, 0.25) is 0 Å². The maximum Gasteiger partial charge on any atom is 1.00 e. The first kappa shape index (κ1) is 55.1. The Morgan fingerprint density at radius 1 is 0.558 bits per heavy atom. The van der Waals surface area contributed by atoms with Crippen molar-refractivity contribution in [3.8, 4) is 0 Å². The summed E-state index contributed by atoms with van der Waals surface area (Å²) in [4.78, 5) is 91.8. The van der Waals surface area contributed by atoms with Gasteiger partial charge < -0.3 is 71.5 Å². The van der Waals surface area contributed by atoms with Gasteiger partial charge >= 0.3 is 18.9 Å². The van der Waals surface area contributed by atoms with Gasteiger partial charge in [-0.25, -0.2) is 0 Å². The van der Waals surface area contributed by atoms with Crippen LogP contribution in [0.25, 0.3) is 0 Å². The number of ketones is 1. The van der Waals surface area contributed by atoms with E-state index in [-0.39, 0.29) is 79.7 Å². The molecule has 7 amide bonds. The summed E-state index contributed by atoms with van der Waals surface area (Å²) in [5, 5.41) is 16.0. The van der Waals surface area contributed by atoms with E-state index in [0.29, 0.717) is 64.6 Å². The first-order valence-corrected chi connectivity index (χ1v) is 16.7. The predicted octanol–water partition coefficient (Wildman–Crippen LogP) is -5.20. The molecule has 0 heterocycles. The number of hydrogen-bond donors (Lipinski definition) is 7. The third-order valence-corrected chi connectivity index (χ3v) is 6.48. The van der Waals surface area contributed by atoms with Crippen LogP contribution in [0.1, 0.15) is 84.5 Å². The summed E-state index contributed by atoms with van der Waals surface area (Å²) in [6, 6.07) is 0. The number of nitrogens with zero attached hydrogens (tertiary/aromatic N) is 1. The minimum atomic E-state index is -0.468. The molecule has 0 rings (SSSR count). The van der Waals surface area contributed by atoms with Crippen molar-refractivity contribution in [1.29, 1.82) is 0 Å². The van der Waals surface area contributed by atoms with E-state index in [4.69, 9.17) is 16.0 Å². The summed E-state index contributed by atoms with van der Waals surface area (Å²) in [6.45, 7) is 10.4. The standard InChI is InChI=1S/C27H47B2N6O6.2C2H3BNO.Li/c1-21(2)22(36)12-6-3-9-15-30-25(39)18-35(19-26(40)31-16-10-4-7-13-23(37)33-28)20-27(41)32-17-11-5-8-14-24(38)34-29;2*1-2(5)4-3;/h13,21H,3-12,14-20H2,1-2H3,(H,30,39)(H,31,40)(H,32,41)(H,33,37)(H,34,38);2*1H2,(H,4,5);/q3*-1;+1. The van der Waals surface area contributed by atoms with Crippen LogP contribution in [0.15, 0.2) is 0 Å². The molecule has 21 heteroatoms. The molecule has 7 N–H and O–H groups in total. The second kappa shape index (κ2) is 38.6. The monoisotopic (exact) mass is 716 g/mol. The minimum Gasteiger partial charge on any atom is -0.433 e. The number of unbranched alkanes of at least 4 members (excludes halogenated alkanes) is 6. The predicted molar refractivity (Wildman–Crippen MR) is 197 cm³/mol. The molecule has 0 aromatic heterocycles. The van der Waals surface area contributed by atoms with Crippen LogP contribution in [0.3, 0.4) is 0 Å². The van der Waals surface area contributed by atoms with Gasteiger partial charge in [0.15, 0.2) is 0 Å². The summed E-state index contributed by atoms with van der Waals surface area (Å²) in [5.74, 6) is -2.19. The first-order chi connectivity index (χ1) is 24.1. The molecule has 8 radical (unpaired) electrons. The zero-order valence-corrected chi connectivity index (χ0v) is 31.1. The molecule has 0 unspecified atom stereocenters. The van der Waals surface area contributed by atoms with E-state index < -0.39 is 11.8 Å². The van der Waals surface area contributed by atoms with Gasteiger partial charge in [-0.3, -0.25) is 28.9 Å². The van der Waals surface area contributed by atoms with Gasteiger partial charge in [-0.2, -0.15) is 6.42 Å². The van der Waals surface area contributed by atoms with Gasteiger partial charge in [0.2, 0.25) is 55.6 Å². The van der Waals surface area contributed by atoms with Crippen molar-refractivity contribution < 1.29 is 57.2 Å². The summed E-state index contributed by atoms with van der Waals surface area (Å²) < 4.78 is 0. The van der Waals surface area contributed by atoms with Crippen LogP contribution < -0.4 is 55.7 Å². The van der Waals surface area contributed by atoms with Gasteiger partial charge in [0.1, 0.15) is 5.78 Å². The zero-order chi connectivity index (χ0) is 39.5. The van der Waals surface area contributed by atoms with Crippen molar-refractivity contribution in [3.63, 3.8) is 0 Å². The molecule has 0 aliphatic heterocycles. The fraction of sp³-hybridized carbons (Fsp3) is 0.645. The number of Topliss-reactive ketones (excluding diaryl/α,β-unsaturated/α-hetero) is 1. The Labute approximate surface area is 327 Å². The maximum absolute atomic E-state index is 12.5. The molecule has 0 fully saturated rings. The topological polar surface area (TPSA) is 224 Å². The number of hydrogen-bond acceptors (Lipinski definition) is 9. The molecule has 16 nitrogen and oxygen atoms in total. The normalized spacial score (nSPS) is 9.62. The molecule has 0 atom stereocenters. The van der Waals surface area contributed by atoms with Crippen LogP contribution in [-0.4, -0.2) is 123 Å². The number of rotatable bonds is 25. The van der Waals surface area contributed by atoms with Gasteiger partial charge in [-0.05, 0) is 32.1 Å². The Morgan fingerprint density at radius 2 is 0.942 bits per heavy atom. The summed E-state index contributed by atoms with van der Waals surface area (Å²) in [7, 11) is 19.1. The van der Waals surface area contributed by atoms with Crippen LogP contribution in [-0.2, 0) is 38.4 Å². The molecule has 0 aromatic carbocycles. The summed E-state index contributed by atoms with van der Waals surface area (Å²) in [5.41, 5.74) is 0. The first-order valence-electron chi connectivity index (χ1n) is 16.7. The summed E-state index contributed by atoms with van der Waals surface area (Å²) >= 11 is 0. The van der Waals surface area contributed by atoms with Crippen molar-refractivity contribution in [1.82, 2.24) is 41.8 Å². The second-order valence-electron chi connectivity index (χ2n) is 11.3. The third kappa shape index (κ3) is 42.6. The van der Waals surface area contributed by atoms with Gasteiger partial charge in [0.05, 0.1) is 37.4 Å². The Kier molecular flexibility index (Phi) is 41.0. The Balaban J connectivity index is -0.000000914. The van der Waals surface area contributed by atoms with Crippen molar-refractivity contribution >= 4 is 79.1 Å². The van der Waals surface area contributed by atoms with E-state index >= 15 is 0 Å². The number of carbonyl (C=O) groups excluding carboxylic acids is 8. The van der Waals surface area contributed by atoms with Crippen molar-refractivity contribution in [2.75, 3.05) is 39.3 Å². The zero-order valence-electron chi connectivity index (χ0n) is 31.1. The maximum atomic E-state index is 12.5. The molecule has 0 aliphatic rings. The molecular weight excluding hydrogens is 663 g/mol. The van der Waals surface area contributed by atoms with Crippen LogP contribution >= 0.6 is 0 Å². The molecule has 0 spiro atoms. The Bertz CT molecular complexity index is 993. The minimum absolute atomic E-state index is 0.